The number of carbonyl (C=O) groups is 1. The first-order valence-corrected chi connectivity index (χ1v) is 7.44. The average molecular weight is 254 g/mol. The van der Waals surface area contributed by atoms with Gasteiger partial charge in [-0.05, 0) is 32.2 Å². The molecular weight excluding hydrogens is 228 g/mol. The normalized spacial score (nSPS) is 27.6. The molecular formula is C14H26N2O2. The maximum atomic E-state index is 12.2. The van der Waals surface area contributed by atoms with Gasteiger partial charge in [0.15, 0.2) is 0 Å². The molecule has 2 aliphatic rings. The summed E-state index contributed by atoms with van der Waals surface area (Å²) in [5.41, 5.74) is 0. The van der Waals surface area contributed by atoms with Crippen LogP contribution in [0.2, 0.25) is 0 Å². The predicted molar refractivity (Wildman–Crippen MR) is 71.3 cm³/mol. The Bertz CT molecular complexity index is 263. The largest absolute Gasteiger partial charge is 0.392 e. The van der Waals surface area contributed by atoms with Gasteiger partial charge in [0.25, 0.3) is 0 Å². The van der Waals surface area contributed by atoms with E-state index in [9.17, 15) is 9.90 Å². The highest BCUT2D eigenvalue weighted by Crippen LogP contribution is 2.13. The molecule has 0 aromatic rings. The molecule has 104 valence electrons. The minimum Gasteiger partial charge on any atom is -0.392 e. The van der Waals surface area contributed by atoms with E-state index < -0.39 is 0 Å². The van der Waals surface area contributed by atoms with Crippen molar-refractivity contribution in [3.63, 3.8) is 0 Å². The molecule has 1 N–H and O–H groups in total. The van der Waals surface area contributed by atoms with Crippen molar-refractivity contribution >= 4 is 5.91 Å². The van der Waals surface area contributed by atoms with Crippen LogP contribution in [-0.4, -0.2) is 59.6 Å². The summed E-state index contributed by atoms with van der Waals surface area (Å²) in [6, 6.07) is 0. The maximum absolute atomic E-state index is 12.2. The molecule has 2 saturated heterocycles. The second-order valence-corrected chi connectivity index (χ2v) is 5.68. The fourth-order valence-electron chi connectivity index (χ4n) is 2.96. The van der Waals surface area contributed by atoms with Gasteiger partial charge in [0.2, 0.25) is 5.91 Å². The minimum atomic E-state index is -0.237. The molecule has 0 spiro atoms. The van der Waals surface area contributed by atoms with E-state index in [1.807, 2.05) is 4.90 Å². The zero-order valence-electron chi connectivity index (χ0n) is 11.3. The van der Waals surface area contributed by atoms with Gasteiger partial charge in [-0.2, -0.15) is 0 Å². The molecule has 0 radical (unpaired) electrons. The Labute approximate surface area is 110 Å². The van der Waals surface area contributed by atoms with Crippen molar-refractivity contribution in [1.29, 1.82) is 0 Å². The van der Waals surface area contributed by atoms with E-state index in [2.05, 4.69) is 4.90 Å². The first-order valence-electron chi connectivity index (χ1n) is 7.44. The number of carbonyl (C=O) groups excluding carboxylic acids is 1. The van der Waals surface area contributed by atoms with Crippen molar-refractivity contribution in [2.45, 2.75) is 51.0 Å². The first kappa shape index (κ1) is 13.8. The summed E-state index contributed by atoms with van der Waals surface area (Å²) in [5, 5.41) is 9.62. The third-order valence-corrected chi connectivity index (χ3v) is 4.05. The van der Waals surface area contributed by atoms with E-state index in [0.717, 1.165) is 45.3 Å². The number of piperidine rings is 1. The first-order chi connectivity index (χ1) is 8.75. The van der Waals surface area contributed by atoms with Crippen LogP contribution in [0.5, 0.6) is 0 Å². The van der Waals surface area contributed by atoms with Crippen molar-refractivity contribution in [1.82, 2.24) is 9.80 Å². The molecule has 0 saturated carbocycles. The molecule has 0 aromatic carbocycles. The number of amides is 1. The number of aliphatic hydroxyl groups is 1. The SMILES string of the molecule is O=C(CN1CCCC(O)C1)N1CCCCCCC1. The van der Waals surface area contributed by atoms with Gasteiger partial charge < -0.3 is 10.0 Å². The molecule has 1 amide bonds. The summed E-state index contributed by atoms with van der Waals surface area (Å²) in [6.07, 6.45) is 7.78. The van der Waals surface area contributed by atoms with Crippen molar-refractivity contribution in [2.24, 2.45) is 0 Å². The predicted octanol–water partition coefficient (Wildman–Crippen LogP) is 1.24. The van der Waals surface area contributed by atoms with Gasteiger partial charge in [-0.25, -0.2) is 0 Å². The van der Waals surface area contributed by atoms with E-state index in [1.165, 1.54) is 19.3 Å². The third kappa shape index (κ3) is 4.25. The molecule has 1 unspecified atom stereocenters. The number of rotatable bonds is 2. The minimum absolute atomic E-state index is 0.237. The smallest absolute Gasteiger partial charge is 0.236 e. The van der Waals surface area contributed by atoms with Crippen LogP contribution >= 0.6 is 0 Å². The Morgan fingerprint density at radius 2 is 1.67 bits per heavy atom. The molecule has 2 rings (SSSR count). The van der Waals surface area contributed by atoms with Crippen LogP contribution in [0.1, 0.15) is 44.9 Å². The quantitative estimate of drug-likeness (QED) is 0.806. The van der Waals surface area contributed by atoms with Crippen LogP contribution in [0.25, 0.3) is 0 Å². The Hall–Kier alpha value is -0.610. The summed E-state index contributed by atoms with van der Waals surface area (Å²) in [5.74, 6) is 0.256. The average Bonchev–Trinajstić information content (AvgIpc) is 2.28. The van der Waals surface area contributed by atoms with Gasteiger partial charge in [-0.3, -0.25) is 9.69 Å². The highest BCUT2D eigenvalue weighted by atomic mass is 16.3. The van der Waals surface area contributed by atoms with Crippen LogP contribution in [-0.2, 0) is 4.79 Å². The molecule has 4 heteroatoms. The van der Waals surface area contributed by atoms with Crippen molar-refractivity contribution < 1.29 is 9.90 Å². The van der Waals surface area contributed by atoms with Gasteiger partial charge in [0, 0.05) is 19.6 Å². The van der Waals surface area contributed by atoms with E-state index in [4.69, 9.17) is 0 Å². The van der Waals surface area contributed by atoms with Crippen LogP contribution < -0.4 is 0 Å². The molecule has 2 heterocycles. The summed E-state index contributed by atoms with van der Waals surface area (Å²) >= 11 is 0. The molecule has 0 aromatic heterocycles. The van der Waals surface area contributed by atoms with E-state index in [0.29, 0.717) is 13.1 Å². The Balaban J connectivity index is 1.78. The molecule has 0 bridgehead atoms. The standard InChI is InChI=1S/C14H26N2O2/c17-13-7-6-8-15(11-13)12-14(18)16-9-4-2-1-3-5-10-16/h13,17H,1-12H2. The lowest BCUT2D eigenvalue weighted by molar-refractivity contribution is -0.133. The number of likely N-dealkylation sites (tertiary alicyclic amines) is 2. The molecule has 18 heavy (non-hydrogen) atoms. The summed E-state index contributed by atoms with van der Waals surface area (Å²) in [7, 11) is 0. The van der Waals surface area contributed by atoms with Gasteiger partial charge in [-0.1, -0.05) is 19.3 Å². The van der Waals surface area contributed by atoms with Crippen LogP contribution in [0, 0.1) is 0 Å². The second-order valence-electron chi connectivity index (χ2n) is 5.68. The summed E-state index contributed by atoms with van der Waals surface area (Å²) in [6.45, 7) is 3.97. The van der Waals surface area contributed by atoms with E-state index in [1.54, 1.807) is 0 Å². The zero-order chi connectivity index (χ0) is 12.8. The maximum Gasteiger partial charge on any atom is 0.236 e. The molecule has 0 aliphatic carbocycles. The Morgan fingerprint density at radius 3 is 2.33 bits per heavy atom. The van der Waals surface area contributed by atoms with Crippen molar-refractivity contribution in [2.75, 3.05) is 32.7 Å². The molecule has 2 aliphatic heterocycles. The monoisotopic (exact) mass is 254 g/mol. The van der Waals surface area contributed by atoms with Crippen LogP contribution in [0.15, 0.2) is 0 Å². The number of aliphatic hydroxyl groups excluding tert-OH is 1. The fraction of sp³-hybridized carbons (Fsp3) is 0.929. The van der Waals surface area contributed by atoms with Gasteiger partial charge in [0.05, 0.1) is 12.6 Å². The zero-order valence-corrected chi connectivity index (χ0v) is 11.3. The number of hydrogen-bond acceptors (Lipinski definition) is 3. The number of nitrogens with zero attached hydrogens (tertiary/aromatic N) is 2. The Morgan fingerprint density at radius 1 is 1.00 bits per heavy atom. The highest BCUT2D eigenvalue weighted by molar-refractivity contribution is 5.78. The van der Waals surface area contributed by atoms with E-state index >= 15 is 0 Å². The van der Waals surface area contributed by atoms with Gasteiger partial charge in [0.1, 0.15) is 0 Å². The third-order valence-electron chi connectivity index (χ3n) is 4.05. The Kier molecular flexibility index (Phi) is 5.45. The molecule has 2 fully saturated rings. The van der Waals surface area contributed by atoms with Gasteiger partial charge in [-0.15, -0.1) is 0 Å². The summed E-state index contributed by atoms with van der Waals surface area (Å²) < 4.78 is 0. The molecule has 1 atom stereocenters. The van der Waals surface area contributed by atoms with Crippen molar-refractivity contribution in [3.8, 4) is 0 Å². The fourth-order valence-corrected chi connectivity index (χ4v) is 2.96. The summed E-state index contributed by atoms with van der Waals surface area (Å²) in [4.78, 5) is 16.4. The van der Waals surface area contributed by atoms with Crippen molar-refractivity contribution in [3.05, 3.63) is 0 Å². The molecule has 4 nitrogen and oxygen atoms in total. The highest BCUT2D eigenvalue weighted by Gasteiger charge is 2.22. The lowest BCUT2D eigenvalue weighted by atomic mass is 10.1. The van der Waals surface area contributed by atoms with Crippen LogP contribution in [0.3, 0.4) is 0 Å². The topological polar surface area (TPSA) is 43.8 Å². The number of β-amino-alcohol motifs (C(OH)–C–C–N with tert-alkyl or cyclic N) is 1. The van der Waals surface area contributed by atoms with Crippen LogP contribution in [0.4, 0.5) is 0 Å². The number of hydrogen-bond donors (Lipinski definition) is 1. The lowest BCUT2D eigenvalue weighted by Gasteiger charge is -2.32. The lowest BCUT2D eigenvalue weighted by Crippen LogP contribution is -2.46. The van der Waals surface area contributed by atoms with Gasteiger partial charge >= 0.3 is 0 Å². The van der Waals surface area contributed by atoms with E-state index in [-0.39, 0.29) is 12.0 Å². The second kappa shape index (κ2) is 7.10.